The molecule has 0 radical (unpaired) electrons. The van der Waals surface area contributed by atoms with E-state index >= 15 is 0 Å². The van der Waals surface area contributed by atoms with E-state index in [0.717, 1.165) is 45.4 Å². The van der Waals surface area contributed by atoms with Crippen LogP contribution >= 0.6 is 0 Å². The second-order valence-electron chi connectivity index (χ2n) is 7.13. The van der Waals surface area contributed by atoms with Gasteiger partial charge in [0, 0.05) is 44.6 Å². The van der Waals surface area contributed by atoms with Gasteiger partial charge in [0.2, 0.25) is 0 Å². The number of amides is 2. The molecule has 1 aromatic heterocycles. The van der Waals surface area contributed by atoms with Crippen molar-refractivity contribution in [3.05, 3.63) is 66.0 Å². The highest BCUT2D eigenvalue weighted by Crippen LogP contribution is 2.18. The van der Waals surface area contributed by atoms with Crippen LogP contribution in [0.3, 0.4) is 0 Å². The van der Waals surface area contributed by atoms with E-state index in [1.165, 1.54) is 11.1 Å². The first-order valence-electron chi connectivity index (χ1n) is 9.96. The van der Waals surface area contributed by atoms with Crippen molar-refractivity contribution in [1.29, 1.82) is 0 Å². The van der Waals surface area contributed by atoms with E-state index < -0.39 is 0 Å². The summed E-state index contributed by atoms with van der Waals surface area (Å²) < 4.78 is 0. The van der Waals surface area contributed by atoms with Crippen LogP contribution in [0.15, 0.2) is 54.9 Å². The summed E-state index contributed by atoms with van der Waals surface area (Å²) in [6, 6.07) is 14.9. The van der Waals surface area contributed by atoms with E-state index in [2.05, 4.69) is 46.4 Å². The SMILES string of the molecule is CCN(Cc1ccncc1)C1CCCN(C(=O)NCCc2ccccc2)C1. The largest absolute Gasteiger partial charge is 0.338 e. The Labute approximate surface area is 162 Å². The van der Waals surface area contributed by atoms with Gasteiger partial charge in [-0.05, 0) is 49.1 Å². The lowest BCUT2D eigenvalue weighted by Gasteiger charge is -2.39. The standard InChI is InChI=1S/C22H30N4O/c1-2-25(17-20-10-13-23-14-11-20)21-9-6-16-26(18-21)22(27)24-15-12-19-7-4-3-5-8-19/h3-5,7-8,10-11,13-14,21H,2,6,9,12,15-18H2,1H3,(H,24,27). The van der Waals surface area contributed by atoms with Gasteiger partial charge in [0.1, 0.15) is 0 Å². The van der Waals surface area contributed by atoms with E-state index in [9.17, 15) is 4.79 Å². The molecule has 2 heterocycles. The van der Waals surface area contributed by atoms with Crippen LogP contribution < -0.4 is 5.32 Å². The second-order valence-corrected chi connectivity index (χ2v) is 7.13. The van der Waals surface area contributed by atoms with Crippen molar-refractivity contribution >= 4 is 6.03 Å². The minimum Gasteiger partial charge on any atom is -0.338 e. The molecule has 2 amide bonds. The van der Waals surface area contributed by atoms with Crippen LogP contribution in [0.1, 0.15) is 30.9 Å². The third-order valence-electron chi connectivity index (χ3n) is 5.27. The number of rotatable bonds is 7. The minimum absolute atomic E-state index is 0.0654. The Balaban J connectivity index is 1.49. The van der Waals surface area contributed by atoms with Crippen molar-refractivity contribution < 1.29 is 4.79 Å². The molecule has 2 aromatic rings. The Morgan fingerprint density at radius 1 is 1.19 bits per heavy atom. The van der Waals surface area contributed by atoms with Crippen molar-refractivity contribution in [1.82, 2.24) is 20.1 Å². The molecule has 1 aliphatic rings. The molecular weight excluding hydrogens is 336 g/mol. The van der Waals surface area contributed by atoms with E-state index in [-0.39, 0.29) is 6.03 Å². The predicted molar refractivity (Wildman–Crippen MR) is 108 cm³/mol. The molecule has 1 unspecified atom stereocenters. The van der Waals surface area contributed by atoms with Crippen molar-refractivity contribution in [2.45, 2.75) is 38.8 Å². The van der Waals surface area contributed by atoms with Crippen molar-refractivity contribution in [3.8, 4) is 0 Å². The van der Waals surface area contributed by atoms with Crippen LogP contribution in [-0.2, 0) is 13.0 Å². The van der Waals surface area contributed by atoms with Gasteiger partial charge in [0.05, 0.1) is 0 Å². The summed E-state index contributed by atoms with van der Waals surface area (Å²) in [5, 5.41) is 3.09. The summed E-state index contributed by atoms with van der Waals surface area (Å²) >= 11 is 0. The number of urea groups is 1. The fraction of sp³-hybridized carbons (Fsp3) is 0.455. The highest BCUT2D eigenvalue weighted by Gasteiger charge is 2.27. The zero-order chi connectivity index (χ0) is 18.9. The van der Waals surface area contributed by atoms with Crippen LogP contribution in [0.25, 0.3) is 0 Å². The van der Waals surface area contributed by atoms with Crippen molar-refractivity contribution in [2.24, 2.45) is 0 Å². The zero-order valence-electron chi connectivity index (χ0n) is 16.2. The lowest BCUT2D eigenvalue weighted by atomic mass is 10.0. The molecule has 27 heavy (non-hydrogen) atoms. The first-order valence-corrected chi connectivity index (χ1v) is 9.96. The van der Waals surface area contributed by atoms with Crippen LogP contribution in [0.2, 0.25) is 0 Å². The van der Waals surface area contributed by atoms with Gasteiger partial charge in [0.15, 0.2) is 0 Å². The Kier molecular flexibility index (Phi) is 7.22. The molecule has 1 aromatic carbocycles. The minimum atomic E-state index is 0.0654. The molecule has 1 aliphatic heterocycles. The molecule has 1 saturated heterocycles. The number of hydrogen-bond acceptors (Lipinski definition) is 3. The van der Waals surface area contributed by atoms with Gasteiger partial charge in [-0.3, -0.25) is 9.88 Å². The molecule has 5 heteroatoms. The number of benzene rings is 1. The number of nitrogens with zero attached hydrogens (tertiary/aromatic N) is 3. The molecule has 1 N–H and O–H groups in total. The third kappa shape index (κ3) is 5.79. The number of likely N-dealkylation sites (tertiary alicyclic amines) is 1. The van der Waals surface area contributed by atoms with Crippen LogP contribution in [-0.4, -0.2) is 53.0 Å². The third-order valence-corrected chi connectivity index (χ3v) is 5.27. The average Bonchev–Trinajstić information content (AvgIpc) is 2.73. The highest BCUT2D eigenvalue weighted by atomic mass is 16.2. The van der Waals surface area contributed by atoms with Gasteiger partial charge in [-0.15, -0.1) is 0 Å². The highest BCUT2D eigenvalue weighted by molar-refractivity contribution is 5.74. The normalized spacial score (nSPS) is 17.1. The first kappa shape index (κ1) is 19.4. The Morgan fingerprint density at radius 2 is 1.96 bits per heavy atom. The van der Waals surface area contributed by atoms with Crippen LogP contribution in [0.5, 0.6) is 0 Å². The van der Waals surface area contributed by atoms with Gasteiger partial charge in [0.25, 0.3) is 0 Å². The van der Waals surface area contributed by atoms with E-state index in [1.807, 2.05) is 35.5 Å². The molecule has 0 spiro atoms. The molecule has 1 fully saturated rings. The topological polar surface area (TPSA) is 48.5 Å². The Morgan fingerprint density at radius 3 is 2.70 bits per heavy atom. The molecule has 144 valence electrons. The van der Waals surface area contributed by atoms with Crippen LogP contribution in [0, 0.1) is 0 Å². The number of carbonyl (C=O) groups is 1. The smallest absolute Gasteiger partial charge is 0.317 e. The number of hydrogen-bond donors (Lipinski definition) is 1. The fourth-order valence-electron chi connectivity index (χ4n) is 3.73. The Hall–Kier alpha value is -2.40. The number of carbonyl (C=O) groups excluding carboxylic acids is 1. The molecular formula is C22H30N4O. The first-order chi connectivity index (χ1) is 13.3. The summed E-state index contributed by atoms with van der Waals surface area (Å²) in [7, 11) is 0. The lowest BCUT2D eigenvalue weighted by molar-refractivity contribution is 0.107. The van der Waals surface area contributed by atoms with Gasteiger partial charge >= 0.3 is 6.03 Å². The quantitative estimate of drug-likeness (QED) is 0.818. The number of pyridine rings is 1. The molecule has 0 bridgehead atoms. The maximum atomic E-state index is 12.6. The Bertz CT molecular complexity index is 692. The molecule has 5 nitrogen and oxygen atoms in total. The molecule has 1 atom stereocenters. The number of piperidine rings is 1. The molecule has 0 aliphatic carbocycles. The van der Waals surface area contributed by atoms with E-state index in [0.29, 0.717) is 12.6 Å². The van der Waals surface area contributed by atoms with Gasteiger partial charge in [-0.2, -0.15) is 0 Å². The number of nitrogens with one attached hydrogen (secondary N) is 1. The average molecular weight is 367 g/mol. The summed E-state index contributed by atoms with van der Waals surface area (Å²) in [5.74, 6) is 0. The predicted octanol–water partition coefficient (Wildman–Crippen LogP) is 3.32. The fourth-order valence-corrected chi connectivity index (χ4v) is 3.73. The maximum absolute atomic E-state index is 12.6. The molecule has 0 saturated carbocycles. The van der Waals surface area contributed by atoms with Crippen molar-refractivity contribution in [3.63, 3.8) is 0 Å². The zero-order valence-corrected chi connectivity index (χ0v) is 16.2. The van der Waals surface area contributed by atoms with E-state index in [1.54, 1.807) is 0 Å². The number of aromatic nitrogens is 1. The van der Waals surface area contributed by atoms with Gasteiger partial charge in [-0.25, -0.2) is 4.79 Å². The van der Waals surface area contributed by atoms with E-state index in [4.69, 9.17) is 0 Å². The monoisotopic (exact) mass is 366 g/mol. The lowest BCUT2D eigenvalue weighted by Crippen LogP contribution is -2.52. The number of likely N-dealkylation sites (N-methyl/N-ethyl adjacent to an activating group) is 1. The van der Waals surface area contributed by atoms with Crippen LogP contribution in [0.4, 0.5) is 4.79 Å². The molecule has 3 rings (SSSR count). The van der Waals surface area contributed by atoms with Gasteiger partial charge in [-0.1, -0.05) is 37.3 Å². The van der Waals surface area contributed by atoms with Gasteiger partial charge < -0.3 is 10.2 Å². The second kappa shape index (κ2) is 10.1. The summed E-state index contributed by atoms with van der Waals surface area (Å²) in [6.45, 7) is 6.42. The summed E-state index contributed by atoms with van der Waals surface area (Å²) in [4.78, 5) is 21.1. The van der Waals surface area contributed by atoms with Crippen molar-refractivity contribution in [2.75, 3.05) is 26.2 Å². The summed E-state index contributed by atoms with van der Waals surface area (Å²) in [6.07, 6.45) is 6.76. The summed E-state index contributed by atoms with van der Waals surface area (Å²) in [5.41, 5.74) is 2.53. The maximum Gasteiger partial charge on any atom is 0.317 e.